The van der Waals surface area contributed by atoms with E-state index in [4.69, 9.17) is 9.15 Å². The summed E-state index contributed by atoms with van der Waals surface area (Å²) in [5, 5.41) is 4.56. The van der Waals surface area contributed by atoms with Gasteiger partial charge in [-0.2, -0.15) is 0 Å². The number of furan rings is 1. The van der Waals surface area contributed by atoms with E-state index in [0.717, 1.165) is 37.6 Å². The zero-order valence-electron chi connectivity index (χ0n) is 18.6. The van der Waals surface area contributed by atoms with Gasteiger partial charge in [-0.05, 0) is 82.5 Å². The van der Waals surface area contributed by atoms with Gasteiger partial charge in [0.2, 0.25) is 5.91 Å². The first-order valence-corrected chi connectivity index (χ1v) is 12.3. The molecule has 0 radical (unpaired) electrons. The molecule has 1 aromatic carbocycles. The van der Waals surface area contributed by atoms with Crippen LogP contribution in [0.15, 0.2) is 34.9 Å². The highest BCUT2D eigenvalue weighted by molar-refractivity contribution is 5.81. The van der Waals surface area contributed by atoms with Gasteiger partial charge in [0.25, 0.3) is 0 Å². The van der Waals surface area contributed by atoms with E-state index in [1.807, 2.05) is 12.3 Å². The lowest BCUT2D eigenvalue weighted by Gasteiger charge is -2.34. The molecule has 0 spiro atoms. The number of fused-ring (bicyclic) bond motifs is 1. The van der Waals surface area contributed by atoms with Crippen LogP contribution in [0.5, 0.6) is 0 Å². The standard InChI is InChI=1S/C26H36N2O3/c29-26(15-20-16-30-17-20)27-22-7-5-19(6-8-22)9-12-28-13-10-21(11-14-28)24-18-31-25-4-2-1-3-23(24)25/h1-4,18-22H,5-17H2,(H,27,29)/t19-,22-. The van der Waals surface area contributed by atoms with Gasteiger partial charge in [0.1, 0.15) is 5.58 Å². The summed E-state index contributed by atoms with van der Waals surface area (Å²) in [7, 11) is 0. The molecule has 2 aromatic rings. The number of para-hydroxylation sites is 1. The second-order valence-electron chi connectivity index (χ2n) is 9.98. The molecule has 2 saturated heterocycles. The summed E-state index contributed by atoms with van der Waals surface area (Å²) < 4.78 is 10.9. The van der Waals surface area contributed by atoms with Gasteiger partial charge >= 0.3 is 0 Å². The Labute approximate surface area is 185 Å². The molecule has 2 aliphatic heterocycles. The number of nitrogens with zero attached hydrogens (tertiary/aromatic N) is 1. The fourth-order valence-corrected chi connectivity index (χ4v) is 5.69. The zero-order chi connectivity index (χ0) is 21.0. The maximum Gasteiger partial charge on any atom is 0.220 e. The van der Waals surface area contributed by atoms with Gasteiger partial charge < -0.3 is 19.4 Å². The Hall–Kier alpha value is -1.85. The molecule has 168 valence electrons. The highest BCUT2D eigenvalue weighted by atomic mass is 16.5. The molecule has 1 aliphatic carbocycles. The average Bonchev–Trinajstić information content (AvgIpc) is 3.20. The number of carbonyl (C=O) groups excluding carboxylic acids is 1. The van der Waals surface area contributed by atoms with E-state index in [-0.39, 0.29) is 5.91 Å². The number of rotatable bonds is 7. The van der Waals surface area contributed by atoms with Crippen molar-refractivity contribution in [1.82, 2.24) is 10.2 Å². The largest absolute Gasteiger partial charge is 0.464 e. The summed E-state index contributed by atoms with van der Waals surface area (Å²) in [6, 6.07) is 8.81. The van der Waals surface area contributed by atoms with Gasteiger partial charge in [0.15, 0.2) is 0 Å². The molecule has 5 rings (SSSR count). The van der Waals surface area contributed by atoms with Crippen LogP contribution in [0, 0.1) is 11.8 Å². The Balaban J connectivity index is 1.00. The van der Waals surface area contributed by atoms with Crippen molar-refractivity contribution in [2.24, 2.45) is 11.8 Å². The molecule has 0 atom stereocenters. The number of piperidine rings is 1. The third-order valence-electron chi connectivity index (χ3n) is 7.78. The fourth-order valence-electron chi connectivity index (χ4n) is 5.69. The van der Waals surface area contributed by atoms with Crippen LogP contribution in [0.3, 0.4) is 0 Å². The van der Waals surface area contributed by atoms with Gasteiger partial charge in [-0.3, -0.25) is 4.79 Å². The van der Waals surface area contributed by atoms with E-state index in [0.29, 0.717) is 24.3 Å². The number of nitrogens with one attached hydrogen (secondary N) is 1. The Kier molecular flexibility index (Phi) is 6.61. The molecule has 5 nitrogen and oxygen atoms in total. The summed E-state index contributed by atoms with van der Waals surface area (Å²) in [5.41, 5.74) is 2.42. The van der Waals surface area contributed by atoms with Crippen LogP contribution >= 0.6 is 0 Å². The number of likely N-dealkylation sites (tertiary alicyclic amines) is 1. The highest BCUT2D eigenvalue weighted by Crippen LogP contribution is 2.35. The van der Waals surface area contributed by atoms with Gasteiger partial charge in [-0.15, -0.1) is 0 Å². The number of hydrogen-bond acceptors (Lipinski definition) is 4. The number of hydrogen-bond donors (Lipinski definition) is 1. The van der Waals surface area contributed by atoms with Crippen molar-refractivity contribution in [3.8, 4) is 0 Å². The first-order chi connectivity index (χ1) is 15.2. The van der Waals surface area contributed by atoms with Gasteiger partial charge in [0.05, 0.1) is 19.5 Å². The van der Waals surface area contributed by atoms with Crippen LogP contribution in [-0.2, 0) is 9.53 Å². The minimum Gasteiger partial charge on any atom is -0.464 e. The third-order valence-corrected chi connectivity index (χ3v) is 7.78. The molecule has 3 aliphatic rings. The molecular formula is C26H36N2O3. The van der Waals surface area contributed by atoms with E-state index in [9.17, 15) is 4.79 Å². The number of benzene rings is 1. The summed E-state index contributed by atoms with van der Waals surface area (Å²) in [6.07, 6.45) is 11.2. The number of amides is 1. The highest BCUT2D eigenvalue weighted by Gasteiger charge is 2.27. The molecule has 3 fully saturated rings. The molecule has 0 bridgehead atoms. The van der Waals surface area contributed by atoms with Gasteiger partial charge in [-0.1, -0.05) is 18.2 Å². The van der Waals surface area contributed by atoms with E-state index in [1.165, 1.54) is 62.7 Å². The normalized spacial score (nSPS) is 26.1. The van der Waals surface area contributed by atoms with Crippen LogP contribution < -0.4 is 5.32 Å². The third kappa shape index (κ3) is 5.15. The first kappa shape index (κ1) is 21.0. The van der Waals surface area contributed by atoms with Crippen LogP contribution in [0.25, 0.3) is 11.0 Å². The van der Waals surface area contributed by atoms with Crippen molar-refractivity contribution >= 4 is 16.9 Å². The van der Waals surface area contributed by atoms with E-state index in [2.05, 4.69) is 28.4 Å². The molecule has 1 amide bonds. The summed E-state index contributed by atoms with van der Waals surface area (Å²) in [4.78, 5) is 14.8. The van der Waals surface area contributed by atoms with Crippen LogP contribution in [0.4, 0.5) is 0 Å². The topological polar surface area (TPSA) is 54.7 Å². The van der Waals surface area contributed by atoms with E-state index in [1.54, 1.807) is 0 Å². The molecule has 1 saturated carbocycles. The van der Waals surface area contributed by atoms with Crippen molar-refractivity contribution in [3.05, 3.63) is 36.1 Å². The lowest BCUT2D eigenvalue weighted by Crippen LogP contribution is -2.41. The minimum absolute atomic E-state index is 0.227. The zero-order valence-corrected chi connectivity index (χ0v) is 18.6. The maximum absolute atomic E-state index is 12.1. The monoisotopic (exact) mass is 424 g/mol. The first-order valence-electron chi connectivity index (χ1n) is 12.3. The Morgan fingerprint density at radius 2 is 1.77 bits per heavy atom. The Bertz CT molecular complexity index is 858. The Morgan fingerprint density at radius 3 is 2.52 bits per heavy atom. The van der Waals surface area contributed by atoms with Crippen LogP contribution in [-0.4, -0.2) is 49.7 Å². The van der Waals surface area contributed by atoms with Crippen molar-refractivity contribution in [3.63, 3.8) is 0 Å². The predicted octanol–water partition coefficient (Wildman–Crippen LogP) is 4.71. The predicted molar refractivity (Wildman–Crippen MR) is 122 cm³/mol. The number of ether oxygens (including phenoxy) is 1. The number of carbonyl (C=O) groups is 1. The van der Waals surface area contributed by atoms with Crippen molar-refractivity contribution < 1.29 is 13.9 Å². The Morgan fingerprint density at radius 1 is 1.00 bits per heavy atom. The lowest BCUT2D eigenvalue weighted by molar-refractivity contribution is -0.127. The van der Waals surface area contributed by atoms with E-state index < -0.39 is 0 Å². The van der Waals surface area contributed by atoms with E-state index >= 15 is 0 Å². The molecule has 0 unspecified atom stereocenters. The molecule has 1 N–H and O–H groups in total. The van der Waals surface area contributed by atoms with Gasteiger partial charge in [0, 0.05) is 29.3 Å². The summed E-state index contributed by atoms with van der Waals surface area (Å²) in [6.45, 7) is 5.13. The van der Waals surface area contributed by atoms with Crippen molar-refractivity contribution in [2.45, 2.75) is 63.3 Å². The van der Waals surface area contributed by atoms with Crippen molar-refractivity contribution in [1.29, 1.82) is 0 Å². The fraction of sp³-hybridized carbons (Fsp3) is 0.654. The summed E-state index contributed by atoms with van der Waals surface area (Å²) in [5.74, 6) is 2.13. The summed E-state index contributed by atoms with van der Waals surface area (Å²) >= 11 is 0. The molecule has 1 aromatic heterocycles. The quantitative estimate of drug-likeness (QED) is 0.699. The average molecular weight is 425 g/mol. The molecule has 31 heavy (non-hydrogen) atoms. The second kappa shape index (κ2) is 9.74. The van der Waals surface area contributed by atoms with Crippen molar-refractivity contribution in [2.75, 3.05) is 32.8 Å². The van der Waals surface area contributed by atoms with Crippen LogP contribution in [0.1, 0.15) is 62.8 Å². The lowest BCUT2D eigenvalue weighted by atomic mass is 9.83. The molecule has 3 heterocycles. The molecule has 5 heteroatoms. The molecular weight excluding hydrogens is 388 g/mol. The SMILES string of the molecule is O=C(CC1COC1)N[C@H]1CC[C@H](CCN2CCC(c3coc4ccccc34)CC2)CC1. The minimum atomic E-state index is 0.227. The van der Waals surface area contributed by atoms with Gasteiger partial charge in [-0.25, -0.2) is 0 Å². The smallest absolute Gasteiger partial charge is 0.220 e. The van der Waals surface area contributed by atoms with Crippen LogP contribution in [0.2, 0.25) is 0 Å². The maximum atomic E-state index is 12.1. The second-order valence-corrected chi connectivity index (χ2v) is 9.98.